The number of aryl methyl sites for hydroxylation is 2. The Hall–Kier alpha value is -1.26. The Balaban J connectivity index is 2.27. The van der Waals surface area contributed by atoms with Crippen LogP contribution < -0.4 is 5.32 Å². The minimum absolute atomic E-state index is 0.318. The molecule has 1 N–H and O–H groups in total. The van der Waals surface area contributed by atoms with Crippen molar-refractivity contribution in [2.45, 2.75) is 24.3 Å². The van der Waals surface area contributed by atoms with Gasteiger partial charge in [0.2, 0.25) is 0 Å². The molecule has 0 aliphatic carbocycles. The zero-order chi connectivity index (χ0) is 13.8. The number of likely N-dealkylation sites (N-methyl/N-ethyl adjacent to an activating group) is 1. The predicted octanol–water partition coefficient (Wildman–Crippen LogP) is 2.95. The molecule has 2 rings (SSSR count). The van der Waals surface area contributed by atoms with Gasteiger partial charge in [0.25, 0.3) is 0 Å². The summed E-state index contributed by atoms with van der Waals surface area (Å²) in [5, 5.41) is 7.84. The van der Waals surface area contributed by atoms with Crippen molar-refractivity contribution in [2.75, 3.05) is 13.3 Å². The van der Waals surface area contributed by atoms with Gasteiger partial charge in [-0.3, -0.25) is 4.68 Å². The van der Waals surface area contributed by atoms with Gasteiger partial charge in [-0.2, -0.15) is 5.10 Å². The molecule has 1 heterocycles. The van der Waals surface area contributed by atoms with Crippen LogP contribution in [0.15, 0.2) is 35.2 Å². The molecular weight excluding hydrogens is 254 g/mol. The van der Waals surface area contributed by atoms with E-state index in [-0.39, 0.29) is 0 Å². The van der Waals surface area contributed by atoms with Crippen LogP contribution in [0.3, 0.4) is 0 Å². The van der Waals surface area contributed by atoms with Gasteiger partial charge < -0.3 is 5.32 Å². The molecule has 0 saturated carbocycles. The van der Waals surface area contributed by atoms with Crippen molar-refractivity contribution in [2.24, 2.45) is 7.05 Å². The molecule has 1 aromatic carbocycles. The summed E-state index contributed by atoms with van der Waals surface area (Å²) in [5.74, 6) is 0. The Morgan fingerprint density at radius 1 is 1.37 bits per heavy atom. The minimum atomic E-state index is 0.318. The van der Waals surface area contributed by atoms with Crippen molar-refractivity contribution in [3.63, 3.8) is 0 Å². The van der Waals surface area contributed by atoms with Gasteiger partial charge in [-0.25, -0.2) is 0 Å². The molecule has 0 fully saturated rings. The van der Waals surface area contributed by atoms with E-state index in [1.807, 2.05) is 25.7 Å². The van der Waals surface area contributed by atoms with E-state index in [1.165, 1.54) is 16.2 Å². The van der Waals surface area contributed by atoms with Crippen LogP contribution in [0.4, 0.5) is 0 Å². The number of benzene rings is 1. The van der Waals surface area contributed by atoms with E-state index >= 15 is 0 Å². The van der Waals surface area contributed by atoms with Gasteiger partial charge in [0.15, 0.2) is 0 Å². The van der Waals surface area contributed by atoms with Crippen LogP contribution in [-0.4, -0.2) is 23.1 Å². The number of hydrogen-bond acceptors (Lipinski definition) is 3. The summed E-state index contributed by atoms with van der Waals surface area (Å²) in [7, 11) is 4.03. The largest absolute Gasteiger partial charge is 0.313 e. The fourth-order valence-corrected chi connectivity index (χ4v) is 3.05. The Bertz CT molecular complexity index is 548. The van der Waals surface area contributed by atoms with Gasteiger partial charge in [-0.15, -0.1) is 11.8 Å². The highest BCUT2D eigenvalue weighted by Crippen LogP contribution is 2.27. The lowest BCUT2D eigenvalue weighted by molar-refractivity contribution is 0.554. The Morgan fingerprint density at radius 2 is 2.11 bits per heavy atom. The molecule has 19 heavy (non-hydrogen) atoms. The zero-order valence-electron chi connectivity index (χ0n) is 12.0. The van der Waals surface area contributed by atoms with Crippen molar-refractivity contribution in [1.82, 2.24) is 15.1 Å². The first kappa shape index (κ1) is 14.2. The summed E-state index contributed by atoms with van der Waals surface area (Å²) in [6.07, 6.45) is 3.07. The molecule has 3 nitrogen and oxygen atoms in total. The van der Waals surface area contributed by atoms with Gasteiger partial charge in [-0.1, -0.05) is 18.2 Å². The van der Waals surface area contributed by atoms with Crippen molar-refractivity contribution in [3.05, 3.63) is 47.3 Å². The monoisotopic (exact) mass is 275 g/mol. The van der Waals surface area contributed by atoms with Crippen molar-refractivity contribution >= 4 is 11.8 Å². The van der Waals surface area contributed by atoms with E-state index in [0.717, 1.165) is 12.1 Å². The topological polar surface area (TPSA) is 29.9 Å². The first-order chi connectivity index (χ1) is 9.15. The molecule has 0 aliphatic heterocycles. The average molecular weight is 275 g/mol. The van der Waals surface area contributed by atoms with Gasteiger partial charge in [-0.05, 0) is 37.9 Å². The maximum atomic E-state index is 4.42. The smallest absolute Gasteiger partial charge is 0.0596 e. The maximum Gasteiger partial charge on any atom is 0.0596 e. The highest BCUT2D eigenvalue weighted by atomic mass is 32.2. The lowest BCUT2D eigenvalue weighted by Gasteiger charge is -2.19. The molecule has 0 amide bonds. The second-order valence-corrected chi connectivity index (χ2v) is 5.54. The quantitative estimate of drug-likeness (QED) is 0.851. The highest BCUT2D eigenvalue weighted by molar-refractivity contribution is 7.98. The van der Waals surface area contributed by atoms with Crippen LogP contribution in [0, 0.1) is 6.92 Å². The number of rotatable bonds is 5. The number of nitrogens with zero attached hydrogens (tertiary/aromatic N) is 2. The summed E-state index contributed by atoms with van der Waals surface area (Å²) >= 11 is 1.80. The molecular formula is C15H21N3S. The maximum absolute atomic E-state index is 4.42. The fourth-order valence-electron chi connectivity index (χ4n) is 2.39. The van der Waals surface area contributed by atoms with Crippen molar-refractivity contribution in [1.29, 1.82) is 0 Å². The Labute approximate surface area is 119 Å². The average Bonchev–Trinajstić information content (AvgIpc) is 2.74. The summed E-state index contributed by atoms with van der Waals surface area (Å²) in [5.41, 5.74) is 3.69. The zero-order valence-corrected chi connectivity index (χ0v) is 12.8. The molecule has 0 bridgehead atoms. The number of aromatic nitrogens is 2. The van der Waals surface area contributed by atoms with Crippen LogP contribution >= 0.6 is 11.8 Å². The van der Waals surface area contributed by atoms with E-state index in [1.54, 1.807) is 11.8 Å². The van der Waals surface area contributed by atoms with Crippen LogP contribution in [0.2, 0.25) is 0 Å². The lowest BCUT2D eigenvalue weighted by Crippen LogP contribution is -2.20. The number of thioether (sulfide) groups is 1. The van der Waals surface area contributed by atoms with Gasteiger partial charge in [0.1, 0.15) is 0 Å². The predicted molar refractivity (Wildman–Crippen MR) is 81.7 cm³/mol. The Morgan fingerprint density at radius 3 is 2.68 bits per heavy atom. The van der Waals surface area contributed by atoms with Gasteiger partial charge >= 0.3 is 0 Å². The van der Waals surface area contributed by atoms with Crippen molar-refractivity contribution in [3.8, 4) is 0 Å². The van der Waals surface area contributed by atoms with E-state index in [9.17, 15) is 0 Å². The van der Waals surface area contributed by atoms with E-state index in [4.69, 9.17) is 0 Å². The standard InChI is InChI=1S/C15H21N3S/c1-11-9-12(18(3)17-11)10-14(16-2)13-7-5-6-8-15(13)19-4/h5-9,14,16H,10H2,1-4H3. The summed E-state index contributed by atoms with van der Waals surface area (Å²) in [4.78, 5) is 1.33. The molecule has 4 heteroatoms. The fraction of sp³-hybridized carbons (Fsp3) is 0.400. The summed E-state index contributed by atoms with van der Waals surface area (Å²) < 4.78 is 1.97. The van der Waals surface area contributed by atoms with Gasteiger partial charge in [0.05, 0.1) is 5.69 Å². The van der Waals surface area contributed by atoms with Crippen LogP contribution in [0.5, 0.6) is 0 Å². The normalized spacial score (nSPS) is 12.6. The second kappa shape index (κ2) is 6.26. The molecule has 102 valence electrons. The first-order valence-corrected chi connectivity index (χ1v) is 7.68. The molecule has 1 aromatic heterocycles. The third kappa shape index (κ3) is 3.19. The molecule has 1 atom stereocenters. The van der Waals surface area contributed by atoms with Gasteiger partial charge in [0, 0.05) is 30.1 Å². The van der Waals surface area contributed by atoms with Crippen LogP contribution in [0.25, 0.3) is 0 Å². The third-order valence-electron chi connectivity index (χ3n) is 3.37. The van der Waals surface area contributed by atoms with E-state index < -0.39 is 0 Å². The SMILES string of the molecule is CNC(Cc1cc(C)nn1C)c1ccccc1SC. The third-order valence-corrected chi connectivity index (χ3v) is 4.19. The molecule has 2 aromatic rings. The molecule has 0 spiro atoms. The highest BCUT2D eigenvalue weighted by Gasteiger charge is 2.15. The molecule has 0 saturated heterocycles. The Kier molecular flexibility index (Phi) is 4.66. The van der Waals surface area contributed by atoms with Crippen LogP contribution in [0.1, 0.15) is 23.0 Å². The van der Waals surface area contributed by atoms with E-state index in [2.05, 4.69) is 47.0 Å². The second-order valence-electron chi connectivity index (χ2n) is 4.69. The first-order valence-electron chi connectivity index (χ1n) is 6.45. The molecule has 0 radical (unpaired) electrons. The summed E-state index contributed by atoms with van der Waals surface area (Å²) in [6, 6.07) is 11.1. The number of hydrogen-bond donors (Lipinski definition) is 1. The van der Waals surface area contributed by atoms with Crippen LogP contribution in [-0.2, 0) is 13.5 Å². The van der Waals surface area contributed by atoms with E-state index in [0.29, 0.717) is 6.04 Å². The summed E-state index contributed by atoms with van der Waals surface area (Å²) in [6.45, 7) is 2.04. The lowest BCUT2D eigenvalue weighted by atomic mass is 10.0. The molecule has 0 aliphatic rings. The van der Waals surface area contributed by atoms with Crippen molar-refractivity contribution < 1.29 is 0 Å². The number of nitrogens with one attached hydrogen (secondary N) is 1. The minimum Gasteiger partial charge on any atom is -0.313 e. The molecule has 1 unspecified atom stereocenters.